The maximum absolute atomic E-state index is 13.0. The van der Waals surface area contributed by atoms with E-state index in [0.717, 1.165) is 19.4 Å². The van der Waals surface area contributed by atoms with Gasteiger partial charge in [0.1, 0.15) is 11.6 Å². The molecule has 1 atom stereocenters. The van der Waals surface area contributed by atoms with E-state index in [1.165, 1.54) is 6.07 Å². The van der Waals surface area contributed by atoms with Crippen LogP contribution in [-0.2, 0) is 11.2 Å². The van der Waals surface area contributed by atoms with Crippen molar-refractivity contribution < 1.29 is 18.7 Å². The summed E-state index contributed by atoms with van der Waals surface area (Å²) in [6.07, 6.45) is 1.35. The first-order chi connectivity index (χ1) is 7.41. The zero-order valence-electron chi connectivity index (χ0n) is 9.24. The lowest BCUT2D eigenvalue weighted by Crippen LogP contribution is -2.05. The lowest BCUT2D eigenvalue weighted by Gasteiger charge is -2.04. The number of rotatable bonds is 0. The molecule has 0 aromatic heterocycles. The molecular formula is C11H14ClF2NO2. The fraction of sp³-hybridized carbons (Fsp3) is 0.364. The summed E-state index contributed by atoms with van der Waals surface area (Å²) >= 11 is 0. The lowest BCUT2D eigenvalue weighted by atomic mass is 10.1. The summed E-state index contributed by atoms with van der Waals surface area (Å²) in [6, 6.07) is 2.05. The molecule has 0 aliphatic heterocycles. The Morgan fingerprint density at radius 2 is 2.00 bits per heavy atom. The van der Waals surface area contributed by atoms with E-state index in [2.05, 4.69) is 0 Å². The number of halogens is 3. The van der Waals surface area contributed by atoms with Crippen LogP contribution in [0.3, 0.4) is 0 Å². The van der Waals surface area contributed by atoms with Crippen LogP contribution in [0.4, 0.5) is 8.78 Å². The molecule has 96 valence electrons. The molecule has 3 N–H and O–H groups in total. The molecule has 3 nitrogen and oxygen atoms in total. The van der Waals surface area contributed by atoms with Crippen molar-refractivity contribution in [1.29, 1.82) is 0 Å². The van der Waals surface area contributed by atoms with Crippen LogP contribution in [0.2, 0.25) is 0 Å². The van der Waals surface area contributed by atoms with E-state index in [9.17, 15) is 8.78 Å². The normalized spacial score (nSPS) is 16.4. The Morgan fingerprint density at radius 3 is 2.53 bits per heavy atom. The minimum absolute atomic E-state index is 0. The van der Waals surface area contributed by atoms with Crippen LogP contribution in [0.1, 0.15) is 30.5 Å². The average Bonchev–Trinajstić information content (AvgIpc) is 2.47. The third-order valence-electron chi connectivity index (χ3n) is 2.30. The van der Waals surface area contributed by atoms with Crippen LogP contribution in [0.5, 0.6) is 0 Å². The number of fused-ring (bicyclic) bond motifs is 1. The maximum atomic E-state index is 13.0. The number of aliphatic carboxylic acids is 1. The van der Waals surface area contributed by atoms with Gasteiger partial charge in [-0.15, -0.1) is 12.4 Å². The Hall–Kier alpha value is -1.20. The van der Waals surface area contributed by atoms with Crippen molar-refractivity contribution in [2.24, 2.45) is 5.73 Å². The molecule has 0 amide bonds. The summed E-state index contributed by atoms with van der Waals surface area (Å²) in [6.45, 7) is 1.08. The van der Waals surface area contributed by atoms with Crippen molar-refractivity contribution in [3.05, 3.63) is 34.9 Å². The van der Waals surface area contributed by atoms with Crippen LogP contribution in [0.15, 0.2) is 12.1 Å². The van der Waals surface area contributed by atoms with Crippen molar-refractivity contribution in [1.82, 2.24) is 0 Å². The molecule has 0 fully saturated rings. The minimum atomic E-state index is -0.833. The van der Waals surface area contributed by atoms with Crippen LogP contribution in [0.25, 0.3) is 0 Å². The summed E-state index contributed by atoms with van der Waals surface area (Å²) in [4.78, 5) is 9.00. The summed E-state index contributed by atoms with van der Waals surface area (Å²) < 4.78 is 25.7. The Labute approximate surface area is 104 Å². The van der Waals surface area contributed by atoms with E-state index in [0.29, 0.717) is 17.5 Å². The minimum Gasteiger partial charge on any atom is -0.481 e. The second-order valence-corrected chi connectivity index (χ2v) is 3.62. The number of hydrogen-bond donors (Lipinski definition) is 2. The van der Waals surface area contributed by atoms with E-state index in [1.54, 1.807) is 0 Å². The van der Waals surface area contributed by atoms with Crippen LogP contribution < -0.4 is 5.73 Å². The summed E-state index contributed by atoms with van der Waals surface area (Å²) in [5, 5.41) is 7.42. The Balaban J connectivity index is 0.000000453. The van der Waals surface area contributed by atoms with Gasteiger partial charge in [0.25, 0.3) is 5.97 Å². The van der Waals surface area contributed by atoms with E-state index >= 15 is 0 Å². The predicted molar refractivity (Wildman–Crippen MR) is 62.2 cm³/mol. The molecule has 2 rings (SSSR count). The number of carboxylic acid groups (broad SMARTS) is 1. The molecule has 0 bridgehead atoms. The van der Waals surface area contributed by atoms with E-state index in [1.807, 2.05) is 0 Å². The van der Waals surface area contributed by atoms with Gasteiger partial charge in [0.2, 0.25) is 0 Å². The molecule has 1 aliphatic carbocycles. The van der Waals surface area contributed by atoms with Crippen molar-refractivity contribution in [2.75, 3.05) is 0 Å². The van der Waals surface area contributed by atoms with Gasteiger partial charge < -0.3 is 10.8 Å². The van der Waals surface area contributed by atoms with Crippen molar-refractivity contribution >= 4 is 18.4 Å². The fourth-order valence-corrected chi connectivity index (χ4v) is 1.67. The second-order valence-electron chi connectivity index (χ2n) is 3.62. The molecule has 0 spiro atoms. The van der Waals surface area contributed by atoms with Gasteiger partial charge >= 0.3 is 0 Å². The number of hydrogen-bond acceptors (Lipinski definition) is 2. The number of carbonyl (C=O) groups is 1. The maximum Gasteiger partial charge on any atom is 0.300 e. The zero-order chi connectivity index (χ0) is 12.3. The predicted octanol–water partition coefficient (Wildman–Crippen LogP) is 2.42. The standard InChI is InChI=1S/C9H9F2N.C2H4O2.ClH/c10-5-3-7-6(8(11)4-5)1-2-9(7)12;1-2(3)4;/h3-4,9H,1-2,12H2;1H3,(H,3,4);1H. The smallest absolute Gasteiger partial charge is 0.300 e. The topological polar surface area (TPSA) is 63.3 Å². The molecule has 1 aromatic carbocycles. The summed E-state index contributed by atoms with van der Waals surface area (Å²) in [7, 11) is 0. The number of carboxylic acids is 1. The Bertz CT molecular complexity index is 409. The monoisotopic (exact) mass is 265 g/mol. The van der Waals surface area contributed by atoms with Gasteiger partial charge in [-0.2, -0.15) is 0 Å². The average molecular weight is 266 g/mol. The van der Waals surface area contributed by atoms with Crippen molar-refractivity contribution in [3.63, 3.8) is 0 Å². The van der Waals surface area contributed by atoms with Gasteiger partial charge in [-0.05, 0) is 30.0 Å². The molecule has 0 heterocycles. The lowest BCUT2D eigenvalue weighted by molar-refractivity contribution is -0.134. The van der Waals surface area contributed by atoms with Crippen LogP contribution >= 0.6 is 12.4 Å². The third-order valence-corrected chi connectivity index (χ3v) is 2.30. The van der Waals surface area contributed by atoms with Crippen LogP contribution in [0, 0.1) is 11.6 Å². The van der Waals surface area contributed by atoms with Gasteiger partial charge in [-0.3, -0.25) is 4.79 Å². The highest BCUT2D eigenvalue weighted by atomic mass is 35.5. The van der Waals surface area contributed by atoms with E-state index < -0.39 is 17.6 Å². The first-order valence-corrected chi connectivity index (χ1v) is 4.84. The molecule has 17 heavy (non-hydrogen) atoms. The third kappa shape index (κ3) is 4.28. The highest BCUT2D eigenvalue weighted by molar-refractivity contribution is 5.85. The van der Waals surface area contributed by atoms with Crippen molar-refractivity contribution in [2.45, 2.75) is 25.8 Å². The fourth-order valence-electron chi connectivity index (χ4n) is 1.67. The molecule has 0 saturated heterocycles. The van der Waals surface area contributed by atoms with Crippen molar-refractivity contribution in [3.8, 4) is 0 Å². The number of benzene rings is 1. The SMILES string of the molecule is CC(=O)O.Cl.NC1CCc2c(F)cc(F)cc21. The molecule has 0 radical (unpaired) electrons. The Morgan fingerprint density at radius 1 is 1.47 bits per heavy atom. The van der Waals surface area contributed by atoms with Gasteiger partial charge in [-0.1, -0.05) is 0 Å². The summed E-state index contributed by atoms with van der Waals surface area (Å²) in [5.41, 5.74) is 6.87. The molecule has 1 aromatic rings. The summed E-state index contributed by atoms with van der Waals surface area (Å²) in [5.74, 6) is -1.83. The first kappa shape index (κ1) is 15.8. The van der Waals surface area contributed by atoms with Crippen LogP contribution in [-0.4, -0.2) is 11.1 Å². The molecule has 1 unspecified atom stereocenters. The van der Waals surface area contributed by atoms with Gasteiger partial charge in [-0.25, -0.2) is 8.78 Å². The zero-order valence-corrected chi connectivity index (χ0v) is 10.1. The van der Waals surface area contributed by atoms with Gasteiger partial charge in [0, 0.05) is 19.0 Å². The van der Waals surface area contributed by atoms with E-state index in [4.69, 9.17) is 15.6 Å². The Kier molecular flexibility index (Phi) is 6.05. The first-order valence-electron chi connectivity index (χ1n) is 4.84. The highest BCUT2D eigenvalue weighted by Crippen LogP contribution is 2.31. The molecular weight excluding hydrogens is 252 g/mol. The second kappa shape index (κ2) is 6.51. The highest BCUT2D eigenvalue weighted by Gasteiger charge is 2.22. The largest absolute Gasteiger partial charge is 0.481 e. The number of nitrogens with two attached hydrogens (primary N) is 1. The molecule has 1 aliphatic rings. The van der Waals surface area contributed by atoms with E-state index in [-0.39, 0.29) is 18.4 Å². The quantitative estimate of drug-likeness (QED) is 0.757. The van der Waals surface area contributed by atoms with Gasteiger partial charge in [0.15, 0.2) is 0 Å². The van der Waals surface area contributed by atoms with Gasteiger partial charge in [0.05, 0.1) is 0 Å². The molecule has 0 saturated carbocycles. The molecule has 6 heteroatoms.